The molecular formula is C19H40O5Si. The van der Waals surface area contributed by atoms with Gasteiger partial charge in [0.05, 0.1) is 6.61 Å². The number of carbonyl (C=O) groups is 1. The van der Waals surface area contributed by atoms with E-state index in [1.54, 1.807) is 0 Å². The van der Waals surface area contributed by atoms with Crippen LogP contribution in [0.5, 0.6) is 0 Å². The van der Waals surface area contributed by atoms with E-state index in [4.69, 9.17) is 18.0 Å². The molecule has 0 aliphatic carbocycles. The average molecular weight is 377 g/mol. The molecule has 0 spiro atoms. The average Bonchev–Trinajstić information content (AvgIpc) is 2.59. The van der Waals surface area contributed by atoms with E-state index in [2.05, 4.69) is 6.92 Å². The Morgan fingerprint density at radius 3 is 1.68 bits per heavy atom. The maximum Gasteiger partial charge on any atom is 0.501 e. The van der Waals surface area contributed by atoms with Gasteiger partial charge in [0.1, 0.15) is 0 Å². The first-order valence-electron chi connectivity index (χ1n) is 10.2. The monoisotopic (exact) mass is 376 g/mol. The summed E-state index contributed by atoms with van der Waals surface area (Å²) in [5.74, 6) is -0.182. The molecule has 0 aliphatic heterocycles. The number of rotatable bonds is 18. The summed E-state index contributed by atoms with van der Waals surface area (Å²) < 4.78 is 22.6. The van der Waals surface area contributed by atoms with Gasteiger partial charge in [-0.1, -0.05) is 51.9 Å². The van der Waals surface area contributed by atoms with Crippen molar-refractivity contribution in [2.45, 2.75) is 91.5 Å². The molecule has 25 heavy (non-hydrogen) atoms. The summed E-state index contributed by atoms with van der Waals surface area (Å²) in [6.45, 7) is 10.1. The van der Waals surface area contributed by atoms with E-state index >= 15 is 0 Å². The molecule has 0 radical (unpaired) electrons. The zero-order valence-corrected chi connectivity index (χ0v) is 17.9. The molecule has 0 unspecified atom stereocenters. The maximum atomic E-state index is 11.9. The number of unbranched alkanes of at least 4 members (excludes halogenated alkanes) is 7. The topological polar surface area (TPSA) is 54.0 Å². The van der Waals surface area contributed by atoms with E-state index in [1.807, 2.05) is 20.8 Å². The van der Waals surface area contributed by atoms with Gasteiger partial charge in [-0.2, -0.15) is 0 Å². The zero-order chi connectivity index (χ0) is 18.8. The summed E-state index contributed by atoms with van der Waals surface area (Å²) in [4.78, 5) is 11.9. The minimum absolute atomic E-state index is 0.182. The van der Waals surface area contributed by atoms with Gasteiger partial charge in [-0.25, -0.2) is 0 Å². The zero-order valence-electron chi connectivity index (χ0n) is 16.9. The van der Waals surface area contributed by atoms with Crippen LogP contribution in [0, 0.1) is 0 Å². The van der Waals surface area contributed by atoms with Gasteiger partial charge in [-0.15, -0.1) is 0 Å². The SMILES string of the molecule is CCCCCCCCCCOC(=O)CC[Si](OCC)(OCC)OCC. The largest absolute Gasteiger partial charge is 0.501 e. The molecule has 0 fully saturated rings. The normalized spacial score (nSPS) is 11.7. The fraction of sp³-hybridized carbons (Fsp3) is 0.947. The van der Waals surface area contributed by atoms with Crippen LogP contribution in [0.25, 0.3) is 0 Å². The highest BCUT2D eigenvalue weighted by atomic mass is 28.4. The van der Waals surface area contributed by atoms with Crippen molar-refractivity contribution < 1.29 is 22.8 Å². The molecule has 0 amide bonds. The van der Waals surface area contributed by atoms with Crippen molar-refractivity contribution in [3.63, 3.8) is 0 Å². The van der Waals surface area contributed by atoms with Gasteiger partial charge in [-0.05, 0) is 27.2 Å². The smallest absolute Gasteiger partial charge is 0.466 e. The van der Waals surface area contributed by atoms with Crippen LogP contribution in [0.4, 0.5) is 0 Å². The van der Waals surface area contributed by atoms with Crippen molar-refractivity contribution in [2.75, 3.05) is 26.4 Å². The van der Waals surface area contributed by atoms with Crippen molar-refractivity contribution in [3.8, 4) is 0 Å². The maximum absolute atomic E-state index is 11.9. The molecule has 0 aromatic heterocycles. The summed E-state index contributed by atoms with van der Waals surface area (Å²) in [6.07, 6.45) is 10.2. The predicted octanol–water partition coefficient (Wildman–Crippen LogP) is 5.11. The summed E-state index contributed by atoms with van der Waals surface area (Å²) in [5, 5.41) is 0. The highest BCUT2D eigenvalue weighted by molar-refractivity contribution is 6.60. The number of ether oxygens (including phenoxy) is 1. The van der Waals surface area contributed by atoms with Crippen LogP contribution in [0.3, 0.4) is 0 Å². The Balaban J connectivity index is 3.85. The van der Waals surface area contributed by atoms with Crippen molar-refractivity contribution >= 4 is 14.8 Å². The minimum atomic E-state index is -2.74. The standard InChI is InChI=1S/C19H40O5Si/c1-5-9-10-11-12-13-14-15-17-21-19(20)16-18-25(22-6-2,23-7-3)24-8-4/h5-18H2,1-4H3. The van der Waals surface area contributed by atoms with Crippen molar-refractivity contribution in [1.82, 2.24) is 0 Å². The fourth-order valence-electron chi connectivity index (χ4n) is 2.75. The molecule has 0 aromatic rings. The molecule has 0 saturated carbocycles. The van der Waals surface area contributed by atoms with Crippen LogP contribution in [-0.4, -0.2) is 41.2 Å². The summed E-state index contributed by atoms with van der Waals surface area (Å²) >= 11 is 0. The van der Waals surface area contributed by atoms with Crippen LogP contribution < -0.4 is 0 Å². The van der Waals surface area contributed by atoms with E-state index in [0.717, 1.165) is 12.8 Å². The molecule has 0 aromatic carbocycles. The lowest BCUT2D eigenvalue weighted by Crippen LogP contribution is -2.46. The van der Waals surface area contributed by atoms with Crippen molar-refractivity contribution in [3.05, 3.63) is 0 Å². The second-order valence-corrected chi connectivity index (χ2v) is 8.91. The third kappa shape index (κ3) is 13.4. The molecule has 6 heteroatoms. The minimum Gasteiger partial charge on any atom is -0.466 e. The van der Waals surface area contributed by atoms with Gasteiger partial charge in [0.25, 0.3) is 0 Å². The molecule has 0 heterocycles. The Labute approximate surface area is 156 Å². The Bertz CT molecular complexity index is 295. The molecule has 150 valence electrons. The molecule has 0 saturated heterocycles. The lowest BCUT2D eigenvalue weighted by Gasteiger charge is -2.28. The Morgan fingerprint density at radius 1 is 0.720 bits per heavy atom. The van der Waals surface area contributed by atoms with Gasteiger partial charge in [0.2, 0.25) is 0 Å². The Morgan fingerprint density at radius 2 is 1.20 bits per heavy atom. The van der Waals surface area contributed by atoms with Gasteiger partial charge < -0.3 is 18.0 Å². The van der Waals surface area contributed by atoms with Gasteiger partial charge in [0, 0.05) is 32.3 Å². The second-order valence-electron chi connectivity index (χ2n) is 6.18. The summed E-state index contributed by atoms with van der Waals surface area (Å²) in [5.41, 5.74) is 0. The van der Waals surface area contributed by atoms with Crippen molar-refractivity contribution in [2.24, 2.45) is 0 Å². The first kappa shape index (κ1) is 24.6. The number of esters is 1. The van der Waals surface area contributed by atoms with Crippen LogP contribution in [0.15, 0.2) is 0 Å². The summed E-state index contributed by atoms with van der Waals surface area (Å²) in [6, 6.07) is 0.485. The third-order valence-corrected chi connectivity index (χ3v) is 7.04. The molecule has 0 aliphatic rings. The lowest BCUT2D eigenvalue weighted by molar-refractivity contribution is -0.143. The molecular weight excluding hydrogens is 336 g/mol. The molecule has 0 N–H and O–H groups in total. The first-order chi connectivity index (χ1) is 12.1. The van der Waals surface area contributed by atoms with Crippen LogP contribution in [0.2, 0.25) is 6.04 Å². The highest BCUT2D eigenvalue weighted by Gasteiger charge is 2.40. The molecule has 0 rings (SSSR count). The summed E-state index contributed by atoms with van der Waals surface area (Å²) in [7, 11) is -2.74. The Kier molecular flexibility index (Phi) is 16.7. The quantitative estimate of drug-likeness (QED) is 0.189. The third-order valence-electron chi connectivity index (χ3n) is 3.99. The molecule has 5 nitrogen and oxygen atoms in total. The second kappa shape index (κ2) is 17.0. The Hall–Kier alpha value is -0.433. The van der Waals surface area contributed by atoms with Gasteiger partial charge in [0.15, 0.2) is 0 Å². The van der Waals surface area contributed by atoms with Crippen LogP contribution in [0.1, 0.15) is 85.5 Å². The van der Waals surface area contributed by atoms with E-state index < -0.39 is 8.80 Å². The van der Waals surface area contributed by atoms with E-state index in [9.17, 15) is 4.79 Å². The van der Waals surface area contributed by atoms with E-state index in [0.29, 0.717) is 38.9 Å². The van der Waals surface area contributed by atoms with E-state index in [-0.39, 0.29) is 5.97 Å². The number of hydrogen-bond acceptors (Lipinski definition) is 5. The molecule has 0 atom stereocenters. The number of hydrogen-bond donors (Lipinski definition) is 0. The first-order valence-corrected chi connectivity index (χ1v) is 12.1. The van der Waals surface area contributed by atoms with Crippen LogP contribution in [-0.2, 0) is 22.8 Å². The van der Waals surface area contributed by atoms with Gasteiger partial charge >= 0.3 is 14.8 Å². The van der Waals surface area contributed by atoms with Crippen molar-refractivity contribution in [1.29, 1.82) is 0 Å². The van der Waals surface area contributed by atoms with Crippen LogP contribution >= 0.6 is 0 Å². The number of carbonyl (C=O) groups excluding carboxylic acids is 1. The van der Waals surface area contributed by atoms with E-state index in [1.165, 1.54) is 38.5 Å². The lowest BCUT2D eigenvalue weighted by atomic mass is 10.1. The molecule has 0 bridgehead atoms. The highest BCUT2D eigenvalue weighted by Crippen LogP contribution is 2.18. The predicted molar refractivity (Wildman–Crippen MR) is 104 cm³/mol. The van der Waals surface area contributed by atoms with Gasteiger partial charge in [-0.3, -0.25) is 4.79 Å². The fourth-order valence-corrected chi connectivity index (χ4v) is 5.26.